The fourth-order valence-electron chi connectivity index (χ4n) is 2.11. The Morgan fingerprint density at radius 3 is 2.00 bits per heavy atom. The smallest absolute Gasteiger partial charge is 0.131 e. The van der Waals surface area contributed by atoms with E-state index in [1.165, 1.54) is 20.3 Å². The van der Waals surface area contributed by atoms with Crippen molar-refractivity contribution in [3.63, 3.8) is 0 Å². The molecule has 0 aliphatic rings. The van der Waals surface area contributed by atoms with Crippen LogP contribution in [-0.2, 0) is 0 Å². The van der Waals surface area contributed by atoms with Gasteiger partial charge in [0.1, 0.15) is 23.1 Å². The largest absolute Gasteiger partial charge is 0.497 e. The Kier molecular flexibility index (Phi) is 4.43. The fraction of sp³-hybridized carbons (Fsp3) is 0.250. The van der Waals surface area contributed by atoms with Crippen molar-refractivity contribution in [1.29, 1.82) is 0 Å². The summed E-state index contributed by atoms with van der Waals surface area (Å²) >= 11 is 0. The molecule has 0 heterocycles. The van der Waals surface area contributed by atoms with E-state index in [0.717, 1.165) is 6.07 Å². The first kappa shape index (κ1) is 15.3. The number of hydrogen-bond acceptors (Lipinski definition) is 3. The van der Waals surface area contributed by atoms with E-state index in [-0.39, 0.29) is 5.56 Å². The number of hydrogen-bond donors (Lipinski definition) is 1. The highest BCUT2D eigenvalue weighted by Gasteiger charge is 2.17. The maximum absolute atomic E-state index is 13.9. The standard InChI is InChI=1S/C16H17F2NO2/c1-9-4-13(15(18)8-14(9)17)16(19)10-5-11(20-2)7-12(6-10)21-3/h4-8,16H,19H2,1-3H3. The van der Waals surface area contributed by atoms with E-state index in [2.05, 4.69) is 0 Å². The Morgan fingerprint density at radius 2 is 1.48 bits per heavy atom. The van der Waals surface area contributed by atoms with E-state index in [1.807, 2.05) is 0 Å². The van der Waals surface area contributed by atoms with Crippen molar-refractivity contribution in [2.45, 2.75) is 13.0 Å². The van der Waals surface area contributed by atoms with Crippen LogP contribution in [0, 0.1) is 18.6 Å². The zero-order valence-corrected chi connectivity index (χ0v) is 12.1. The first-order valence-electron chi connectivity index (χ1n) is 6.40. The van der Waals surface area contributed by atoms with Crippen molar-refractivity contribution >= 4 is 0 Å². The second kappa shape index (κ2) is 6.10. The van der Waals surface area contributed by atoms with Gasteiger partial charge in [0, 0.05) is 17.7 Å². The minimum atomic E-state index is -0.742. The Hall–Kier alpha value is -2.14. The molecule has 2 N–H and O–H groups in total. The van der Waals surface area contributed by atoms with E-state index >= 15 is 0 Å². The average molecular weight is 293 g/mol. The molecule has 0 saturated heterocycles. The summed E-state index contributed by atoms with van der Waals surface area (Å²) < 4.78 is 37.6. The van der Waals surface area contributed by atoms with Gasteiger partial charge in [0.25, 0.3) is 0 Å². The number of aryl methyl sites for hydroxylation is 1. The molecule has 2 aromatic rings. The molecule has 21 heavy (non-hydrogen) atoms. The molecule has 3 nitrogen and oxygen atoms in total. The van der Waals surface area contributed by atoms with Crippen LogP contribution in [0.1, 0.15) is 22.7 Å². The molecule has 1 unspecified atom stereocenters. The molecule has 0 radical (unpaired) electrons. The molecule has 0 fully saturated rings. The molecule has 0 bridgehead atoms. The normalized spacial score (nSPS) is 12.1. The van der Waals surface area contributed by atoms with Crippen LogP contribution in [0.4, 0.5) is 8.78 Å². The second-order valence-corrected chi connectivity index (χ2v) is 4.75. The highest BCUT2D eigenvalue weighted by atomic mass is 19.1. The first-order valence-corrected chi connectivity index (χ1v) is 6.40. The third kappa shape index (κ3) is 3.13. The number of methoxy groups -OCH3 is 2. The van der Waals surface area contributed by atoms with Crippen LogP contribution in [-0.4, -0.2) is 14.2 Å². The third-order valence-electron chi connectivity index (χ3n) is 3.35. The minimum Gasteiger partial charge on any atom is -0.497 e. The van der Waals surface area contributed by atoms with Crippen LogP contribution < -0.4 is 15.2 Å². The van der Waals surface area contributed by atoms with Crippen molar-refractivity contribution < 1.29 is 18.3 Å². The highest BCUT2D eigenvalue weighted by Crippen LogP contribution is 2.30. The van der Waals surface area contributed by atoms with Crippen LogP contribution in [0.3, 0.4) is 0 Å². The van der Waals surface area contributed by atoms with Gasteiger partial charge in [-0.3, -0.25) is 0 Å². The average Bonchev–Trinajstić information content (AvgIpc) is 2.49. The van der Waals surface area contributed by atoms with Crippen LogP contribution in [0.25, 0.3) is 0 Å². The number of halogens is 2. The zero-order chi connectivity index (χ0) is 15.6. The van der Waals surface area contributed by atoms with E-state index in [9.17, 15) is 8.78 Å². The van der Waals surface area contributed by atoms with Crippen molar-refractivity contribution in [1.82, 2.24) is 0 Å². The predicted octanol–water partition coefficient (Wildman–Crippen LogP) is 3.34. The molecule has 5 heteroatoms. The summed E-state index contributed by atoms with van der Waals surface area (Å²) in [5.41, 5.74) is 7.30. The number of nitrogens with two attached hydrogens (primary N) is 1. The van der Waals surface area contributed by atoms with Gasteiger partial charge in [-0.15, -0.1) is 0 Å². The van der Waals surface area contributed by atoms with Crippen LogP contribution in [0.15, 0.2) is 30.3 Å². The van der Waals surface area contributed by atoms with Gasteiger partial charge in [-0.1, -0.05) is 0 Å². The fourth-order valence-corrected chi connectivity index (χ4v) is 2.11. The summed E-state index contributed by atoms with van der Waals surface area (Å²) in [5.74, 6) is -0.155. The number of rotatable bonds is 4. The summed E-state index contributed by atoms with van der Waals surface area (Å²) in [6.07, 6.45) is 0. The molecule has 0 aliphatic carbocycles. The predicted molar refractivity (Wildman–Crippen MR) is 76.7 cm³/mol. The molecule has 2 aromatic carbocycles. The van der Waals surface area contributed by atoms with Gasteiger partial charge in [0.15, 0.2) is 0 Å². The second-order valence-electron chi connectivity index (χ2n) is 4.75. The minimum absolute atomic E-state index is 0.226. The summed E-state index contributed by atoms with van der Waals surface area (Å²) in [6, 6.07) is 6.62. The van der Waals surface area contributed by atoms with E-state index < -0.39 is 17.7 Å². The van der Waals surface area contributed by atoms with Crippen LogP contribution in [0.2, 0.25) is 0 Å². The van der Waals surface area contributed by atoms with Gasteiger partial charge in [-0.25, -0.2) is 8.78 Å². The summed E-state index contributed by atoms with van der Waals surface area (Å²) in [7, 11) is 3.04. The lowest BCUT2D eigenvalue weighted by molar-refractivity contribution is 0.393. The van der Waals surface area contributed by atoms with Crippen molar-refractivity contribution in [2.75, 3.05) is 14.2 Å². The van der Waals surface area contributed by atoms with Crippen molar-refractivity contribution in [3.05, 3.63) is 58.7 Å². The summed E-state index contributed by atoms with van der Waals surface area (Å²) in [4.78, 5) is 0. The Morgan fingerprint density at radius 1 is 0.905 bits per heavy atom. The lowest BCUT2D eigenvalue weighted by Gasteiger charge is -2.16. The van der Waals surface area contributed by atoms with Gasteiger partial charge >= 0.3 is 0 Å². The monoisotopic (exact) mass is 293 g/mol. The lowest BCUT2D eigenvalue weighted by Crippen LogP contribution is -2.14. The SMILES string of the molecule is COc1cc(OC)cc(C(N)c2cc(C)c(F)cc2F)c1. The molecule has 0 aromatic heterocycles. The number of benzene rings is 2. The summed E-state index contributed by atoms with van der Waals surface area (Å²) in [5, 5.41) is 0. The molecule has 0 aliphatic heterocycles. The Labute approximate surface area is 122 Å². The first-order chi connectivity index (χ1) is 9.96. The lowest BCUT2D eigenvalue weighted by atomic mass is 9.97. The Balaban J connectivity index is 2.49. The molecule has 0 spiro atoms. The summed E-state index contributed by atoms with van der Waals surface area (Å²) in [6.45, 7) is 1.57. The van der Waals surface area contributed by atoms with Gasteiger partial charge in [0.05, 0.1) is 20.3 Å². The maximum atomic E-state index is 13.9. The quantitative estimate of drug-likeness (QED) is 0.940. The Bertz CT molecular complexity index is 637. The highest BCUT2D eigenvalue weighted by molar-refractivity contribution is 5.43. The van der Waals surface area contributed by atoms with Gasteiger partial charge in [0.2, 0.25) is 0 Å². The van der Waals surface area contributed by atoms with E-state index in [0.29, 0.717) is 22.6 Å². The molecular formula is C16H17F2NO2. The van der Waals surface area contributed by atoms with Gasteiger partial charge in [-0.2, -0.15) is 0 Å². The van der Waals surface area contributed by atoms with Gasteiger partial charge < -0.3 is 15.2 Å². The maximum Gasteiger partial charge on any atom is 0.131 e. The zero-order valence-electron chi connectivity index (χ0n) is 12.1. The third-order valence-corrected chi connectivity index (χ3v) is 3.35. The molecule has 0 saturated carbocycles. The molecular weight excluding hydrogens is 276 g/mol. The van der Waals surface area contributed by atoms with Crippen LogP contribution in [0.5, 0.6) is 11.5 Å². The molecule has 112 valence electrons. The molecule has 1 atom stereocenters. The van der Waals surface area contributed by atoms with Gasteiger partial charge in [-0.05, 0) is 36.2 Å². The van der Waals surface area contributed by atoms with E-state index in [4.69, 9.17) is 15.2 Å². The molecule has 0 amide bonds. The van der Waals surface area contributed by atoms with Crippen molar-refractivity contribution in [3.8, 4) is 11.5 Å². The van der Waals surface area contributed by atoms with E-state index in [1.54, 1.807) is 25.1 Å². The number of ether oxygens (including phenoxy) is 2. The van der Waals surface area contributed by atoms with Crippen molar-refractivity contribution in [2.24, 2.45) is 5.73 Å². The topological polar surface area (TPSA) is 44.5 Å². The van der Waals surface area contributed by atoms with Crippen LogP contribution >= 0.6 is 0 Å². The molecule has 2 rings (SSSR count).